The van der Waals surface area contributed by atoms with Gasteiger partial charge >= 0.3 is 0 Å². The number of nitrogens with one attached hydrogen (secondary N) is 3. The zero-order chi connectivity index (χ0) is 26.1. The van der Waals surface area contributed by atoms with Crippen molar-refractivity contribution in [1.29, 1.82) is 0 Å². The van der Waals surface area contributed by atoms with E-state index >= 15 is 0 Å². The van der Waals surface area contributed by atoms with Crippen LogP contribution in [0.1, 0.15) is 64.8 Å². The second-order valence-electron chi connectivity index (χ2n) is 9.28. The molecule has 10 heteroatoms. The topological polar surface area (TPSA) is 88.8 Å². The average Bonchev–Trinajstić information content (AvgIpc) is 2.81. The first-order valence-electron chi connectivity index (χ1n) is 11.5. The SMILES string of the molecule is CC(N=NC(C)(C)NC(=S)NN(C)C(=S)NC(C)(C)N=NC(C)c1ccccc1)c1ccccc1. The van der Waals surface area contributed by atoms with E-state index < -0.39 is 11.3 Å². The third kappa shape index (κ3) is 10.0. The zero-order valence-electron chi connectivity index (χ0n) is 21.5. The van der Waals surface area contributed by atoms with Crippen molar-refractivity contribution in [2.75, 3.05) is 7.05 Å². The zero-order valence-corrected chi connectivity index (χ0v) is 23.1. The standard InChI is InChI=1S/C25H36N8S2/c1-18(20-14-10-8-11-15-20)28-31-24(3,4)26-22(34)30-33(7)23(35)27-25(5,6)32-29-19(2)21-16-12-9-13-17-21/h8-19H,1-7H3,(H,27,35)(H2,26,30,34). The molecule has 2 unspecified atom stereocenters. The van der Waals surface area contributed by atoms with Crippen molar-refractivity contribution in [3.63, 3.8) is 0 Å². The van der Waals surface area contributed by atoms with Crippen LogP contribution in [0.15, 0.2) is 81.1 Å². The minimum Gasteiger partial charge on any atom is -0.336 e. The molecule has 0 radical (unpaired) electrons. The predicted molar refractivity (Wildman–Crippen MR) is 150 cm³/mol. The number of nitrogens with zero attached hydrogens (tertiary/aromatic N) is 5. The van der Waals surface area contributed by atoms with Crippen LogP contribution < -0.4 is 16.1 Å². The Bertz CT molecular complexity index is 1020. The van der Waals surface area contributed by atoms with E-state index in [0.717, 1.165) is 11.1 Å². The molecule has 0 saturated heterocycles. The molecule has 0 aliphatic carbocycles. The predicted octanol–water partition coefficient (Wildman–Crippen LogP) is 6.07. The summed E-state index contributed by atoms with van der Waals surface area (Å²) in [6, 6.07) is 19.9. The maximum Gasteiger partial charge on any atom is 0.189 e. The van der Waals surface area contributed by atoms with Gasteiger partial charge in [-0.15, -0.1) is 0 Å². The van der Waals surface area contributed by atoms with E-state index in [1.54, 1.807) is 12.1 Å². The Morgan fingerprint density at radius 1 is 0.743 bits per heavy atom. The summed E-state index contributed by atoms with van der Waals surface area (Å²) in [6.45, 7) is 11.6. The molecule has 2 atom stereocenters. The fourth-order valence-electron chi connectivity index (χ4n) is 2.96. The second kappa shape index (κ2) is 12.6. The van der Waals surface area contributed by atoms with Crippen molar-refractivity contribution in [1.82, 2.24) is 21.1 Å². The molecule has 2 rings (SSSR count). The van der Waals surface area contributed by atoms with Crippen molar-refractivity contribution in [3.8, 4) is 0 Å². The molecule has 0 heterocycles. The van der Waals surface area contributed by atoms with E-state index in [2.05, 4.69) is 36.5 Å². The molecule has 3 N–H and O–H groups in total. The van der Waals surface area contributed by atoms with Gasteiger partial charge in [-0.1, -0.05) is 60.7 Å². The lowest BCUT2D eigenvalue weighted by molar-refractivity contribution is 0.375. The Hall–Kier alpha value is -2.98. The lowest BCUT2D eigenvalue weighted by atomic mass is 10.1. The van der Waals surface area contributed by atoms with Crippen LogP contribution >= 0.6 is 24.4 Å². The minimum absolute atomic E-state index is 0.0560. The summed E-state index contributed by atoms with van der Waals surface area (Å²) in [4.78, 5) is 0. The van der Waals surface area contributed by atoms with E-state index in [1.165, 1.54) is 0 Å². The molecule has 0 aliphatic rings. The number of benzene rings is 2. The summed E-state index contributed by atoms with van der Waals surface area (Å²) in [7, 11) is 1.77. The minimum atomic E-state index is -0.704. The average molecular weight is 513 g/mol. The Morgan fingerprint density at radius 3 is 1.57 bits per heavy atom. The van der Waals surface area contributed by atoms with Crippen LogP contribution in [0, 0.1) is 0 Å². The summed E-state index contributed by atoms with van der Waals surface area (Å²) in [5, 5.41) is 26.5. The van der Waals surface area contributed by atoms with Crippen LogP contribution in [0.25, 0.3) is 0 Å². The van der Waals surface area contributed by atoms with Gasteiger partial charge in [0.25, 0.3) is 0 Å². The molecule has 35 heavy (non-hydrogen) atoms. The van der Waals surface area contributed by atoms with Crippen LogP contribution in [0.5, 0.6) is 0 Å². The van der Waals surface area contributed by atoms with Crippen molar-refractivity contribution in [2.24, 2.45) is 20.5 Å². The Labute approximate surface area is 219 Å². The summed E-state index contributed by atoms with van der Waals surface area (Å²) in [5.41, 5.74) is 3.84. The van der Waals surface area contributed by atoms with E-state index in [4.69, 9.17) is 24.4 Å². The number of azo groups is 2. The summed E-state index contributed by atoms with van der Waals surface area (Å²) < 4.78 is 0. The molecular formula is C25H36N8S2. The van der Waals surface area contributed by atoms with E-state index in [1.807, 2.05) is 102 Å². The number of hydrazine groups is 1. The molecular weight excluding hydrogens is 476 g/mol. The number of thiocarbonyl (C=S) groups is 2. The fraction of sp³-hybridized carbons (Fsp3) is 0.440. The van der Waals surface area contributed by atoms with Crippen molar-refractivity contribution in [2.45, 2.75) is 65.0 Å². The summed E-state index contributed by atoms with van der Waals surface area (Å²) in [5.74, 6) is 0. The molecule has 0 bridgehead atoms. The van der Waals surface area contributed by atoms with E-state index in [0.29, 0.717) is 10.2 Å². The van der Waals surface area contributed by atoms with Crippen LogP contribution in [0.2, 0.25) is 0 Å². The third-order valence-corrected chi connectivity index (χ3v) is 5.50. The first-order chi connectivity index (χ1) is 16.4. The smallest absolute Gasteiger partial charge is 0.189 e. The van der Waals surface area contributed by atoms with Crippen LogP contribution in [0.3, 0.4) is 0 Å². The van der Waals surface area contributed by atoms with Gasteiger partial charge in [-0.25, -0.2) is 0 Å². The van der Waals surface area contributed by atoms with Gasteiger partial charge in [0.15, 0.2) is 10.2 Å². The molecule has 8 nitrogen and oxygen atoms in total. The van der Waals surface area contributed by atoms with Gasteiger partial charge in [0.2, 0.25) is 0 Å². The Morgan fingerprint density at radius 2 is 1.14 bits per heavy atom. The lowest BCUT2D eigenvalue weighted by Crippen LogP contribution is -2.57. The third-order valence-electron chi connectivity index (χ3n) is 4.93. The van der Waals surface area contributed by atoms with Crippen molar-refractivity contribution < 1.29 is 0 Å². The molecule has 2 aromatic rings. The molecule has 0 aliphatic heterocycles. The summed E-state index contributed by atoms with van der Waals surface area (Å²) >= 11 is 11.0. The van der Waals surface area contributed by atoms with E-state index in [-0.39, 0.29) is 12.1 Å². The molecule has 0 aromatic heterocycles. The maximum atomic E-state index is 5.52. The first-order valence-corrected chi connectivity index (χ1v) is 12.3. The fourth-order valence-corrected chi connectivity index (χ4v) is 3.64. The Kier molecular flexibility index (Phi) is 10.2. The molecule has 2 aromatic carbocycles. The quantitative estimate of drug-likeness (QED) is 0.226. The first kappa shape index (κ1) is 28.3. The lowest BCUT2D eigenvalue weighted by Gasteiger charge is -2.30. The number of hydrogen-bond donors (Lipinski definition) is 3. The molecule has 0 saturated carbocycles. The highest BCUT2D eigenvalue weighted by Crippen LogP contribution is 2.19. The Balaban J connectivity index is 1.87. The summed E-state index contributed by atoms with van der Waals surface area (Å²) in [6.07, 6.45) is 0. The monoisotopic (exact) mass is 512 g/mol. The highest BCUT2D eigenvalue weighted by atomic mass is 32.1. The van der Waals surface area contributed by atoms with Gasteiger partial charge in [0, 0.05) is 7.05 Å². The maximum absolute atomic E-state index is 5.52. The molecule has 0 spiro atoms. The largest absolute Gasteiger partial charge is 0.336 e. The van der Waals surface area contributed by atoms with Gasteiger partial charge in [-0.05, 0) is 77.1 Å². The van der Waals surface area contributed by atoms with Crippen LogP contribution in [-0.2, 0) is 0 Å². The van der Waals surface area contributed by atoms with Crippen LogP contribution in [0.4, 0.5) is 0 Å². The number of hydrogen-bond acceptors (Lipinski definition) is 6. The second-order valence-corrected chi connectivity index (χ2v) is 10.1. The van der Waals surface area contributed by atoms with Gasteiger partial charge in [0.05, 0.1) is 12.1 Å². The normalized spacial score (nSPS) is 13.9. The molecule has 0 amide bonds. The van der Waals surface area contributed by atoms with Crippen LogP contribution in [-0.4, -0.2) is 33.6 Å². The molecule has 188 valence electrons. The van der Waals surface area contributed by atoms with Crippen molar-refractivity contribution >= 4 is 34.7 Å². The van der Waals surface area contributed by atoms with Gasteiger partial charge in [-0.2, -0.15) is 20.5 Å². The van der Waals surface area contributed by atoms with Gasteiger partial charge in [0.1, 0.15) is 11.3 Å². The van der Waals surface area contributed by atoms with E-state index in [9.17, 15) is 0 Å². The molecule has 0 fully saturated rings. The number of rotatable bonds is 8. The van der Waals surface area contributed by atoms with Gasteiger partial charge < -0.3 is 10.6 Å². The highest BCUT2D eigenvalue weighted by molar-refractivity contribution is 7.80. The van der Waals surface area contributed by atoms with Gasteiger partial charge in [-0.3, -0.25) is 10.4 Å². The van der Waals surface area contributed by atoms with Crippen molar-refractivity contribution in [3.05, 3.63) is 71.8 Å². The highest BCUT2D eigenvalue weighted by Gasteiger charge is 2.22.